The predicted molar refractivity (Wildman–Crippen MR) is 480 cm³/mol. The molecule has 111 heavy (non-hydrogen) atoms. The van der Waals surface area contributed by atoms with E-state index in [0.717, 1.165) is 12.1 Å². The fourth-order valence-electron chi connectivity index (χ4n) is 14.4. The molecule has 8 aliphatic heterocycles. The van der Waals surface area contributed by atoms with E-state index in [4.69, 9.17) is 112 Å². The first-order valence-corrected chi connectivity index (χ1v) is 88.0. The summed E-state index contributed by atoms with van der Waals surface area (Å²) in [6, 6.07) is 7.35. The molecule has 14 atom stereocenters. The van der Waals surface area contributed by atoms with Gasteiger partial charge in [0.2, 0.25) is 0 Å². The van der Waals surface area contributed by atoms with Gasteiger partial charge in [-0.05, 0) is 47.5 Å². The van der Waals surface area contributed by atoms with Crippen LogP contribution in [0.5, 0.6) is 0 Å². The standard InChI is InChI=1S/C32H76GeO13Si9.C28H68O13Si9.C4H9ClGe/c1-18-33(16,17)34-55-37-48-36-50(21-28(6)7)40-51(22-29(8)9)38-49(20-27(4)5,35-47-19-26(2)3)39-53(45-55,24-31(12)13)43-52(42-51,23-30(10)11)44-54(41-50,46-55)25-32(14)15;1-22(2)15-42-30-44(16-23(3)4)33-46(18-25(7)8)35-45(17-24(5)6)31-43-32-50(29)40-48(34-44,20-27(11)12)38-47(37-46,19-26(9)10)39-49(36-45,41-50)21-28(13)14;1-4-6(2,3)5/h18,26-32H,1,19-25,47-48H2,2-17H3;22-29H,15-21,42-43H2,1-14H3;4H,1H2,2-3H3. The fraction of sp³-hybridized carbons (Fsp3) is 0.938. The van der Waals surface area contributed by atoms with Crippen LogP contribution in [0.25, 0.3) is 0 Å². The van der Waals surface area contributed by atoms with E-state index in [1.54, 1.807) is 0 Å². The van der Waals surface area contributed by atoms with Crippen LogP contribution in [0.3, 0.4) is 0 Å². The molecule has 8 rings (SSSR count). The molecular formula is C64H153ClGe2O26Si18. The summed E-state index contributed by atoms with van der Waals surface area (Å²) in [5.41, 5.74) is 0. The molecule has 0 aromatic heterocycles. The Labute approximate surface area is 707 Å². The van der Waals surface area contributed by atoms with Gasteiger partial charge in [-0.15, -0.1) is 0 Å². The van der Waals surface area contributed by atoms with Crippen LogP contribution in [0, 0.1) is 82.9 Å². The molecule has 8 fully saturated rings. The van der Waals surface area contributed by atoms with Crippen LogP contribution < -0.4 is 0 Å². The second kappa shape index (κ2) is 41.4. The molecule has 8 heterocycles. The van der Waals surface area contributed by atoms with Gasteiger partial charge < -0.3 is 54.2 Å². The van der Waals surface area contributed by atoms with Crippen molar-refractivity contribution in [3.8, 4) is 0 Å². The van der Waals surface area contributed by atoms with Crippen molar-refractivity contribution in [2.75, 3.05) is 0 Å². The van der Waals surface area contributed by atoms with E-state index in [9.17, 15) is 4.80 Å². The summed E-state index contributed by atoms with van der Waals surface area (Å²) in [5.74, 6) is 10.6. The van der Waals surface area contributed by atoms with E-state index >= 15 is 0 Å². The maximum absolute atomic E-state index is 12.5. The summed E-state index contributed by atoms with van der Waals surface area (Å²) in [6.45, 7) is 68.0. The molecule has 47 heteroatoms. The van der Waals surface area contributed by atoms with E-state index in [1.165, 1.54) is 0 Å². The van der Waals surface area contributed by atoms with Crippen molar-refractivity contribution in [2.24, 2.45) is 82.9 Å². The molecule has 8 aliphatic rings. The third-order valence-corrected chi connectivity index (χ3v) is 104. The Kier molecular flexibility index (Phi) is 38.6. The van der Waals surface area contributed by atoms with E-state index in [-0.39, 0.29) is 71.0 Å². The van der Waals surface area contributed by atoms with Gasteiger partial charge >= 0.3 is 459 Å². The van der Waals surface area contributed by atoms with Gasteiger partial charge in [0.15, 0.2) is 9.76 Å². The number of hydrogen-bond acceptors (Lipinski definition) is 26. The zero-order valence-corrected chi connectivity index (χ0v) is 99.0. The Morgan fingerprint density at radius 1 is 0.306 bits per heavy atom. The summed E-state index contributed by atoms with van der Waals surface area (Å²) >= 11 is -5.13. The SMILES string of the molecule is C=[CH][Ge]([CH3])([CH3])[Cl].C=[CH][Ge]([CH3])([CH3])[O][Si]12O[SiH2]O[Si]3(CC(C)C)O[Si]4(CC(C)C)O[Si](CC(C)C)(O[SiH2]CC(C)C)O[Si](CC(C)C)(O[Si](CC(C)C)(O4)O[Si](CC(C)C)(O3)O1)O2.CC(C)C[SiH2]O[Si]1(CC(C)C)O[Si]2(CC(C)C)O[Si]3(O)O[SiH2]O[Si]4(CC(C)C)O[Si](CC(C)C)(O3)O[Si](CC(C)C)(O2)O[Si](CC(C)C)(O1)O4. The van der Waals surface area contributed by atoms with Gasteiger partial charge in [0.25, 0.3) is 10.0 Å². The van der Waals surface area contributed by atoms with E-state index in [1.807, 2.05) is 9.82 Å². The third kappa shape index (κ3) is 31.1. The van der Waals surface area contributed by atoms with Gasteiger partial charge in [0, 0.05) is 36.3 Å². The first kappa shape index (κ1) is 104. The van der Waals surface area contributed by atoms with Crippen molar-refractivity contribution >= 4 is 199 Å². The number of hydrogen-bond donors (Lipinski definition) is 1. The van der Waals surface area contributed by atoms with E-state index in [0.29, 0.717) is 84.4 Å². The average molecular weight is 2030 g/mol. The molecule has 0 amide bonds. The molecule has 1 N–H and O–H groups in total. The fourth-order valence-corrected chi connectivity index (χ4v) is 114. The number of halogens is 1. The normalized spacial score (nSPS) is 37.5. The smallest absolute Gasteiger partial charge is 0.422 e. The zero-order valence-electron chi connectivity index (χ0n) is 74.4. The van der Waals surface area contributed by atoms with Crippen LogP contribution in [0.1, 0.15) is 194 Å². The van der Waals surface area contributed by atoms with Crippen LogP contribution in [-0.4, -0.2) is 194 Å². The van der Waals surface area contributed by atoms with Crippen LogP contribution in [0.15, 0.2) is 23.0 Å². The van der Waals surface area contributed by atoms with Crippen molar-refractivity contribution in [1.29, 1.82) is 0 Å². The van der Waals surface area contributed by atoms with Crippen molar-refractivity contribution in [3.63, 3.8) is 0 Å². The Hall–Kier alpha value is 3.72. The Morgan fingerprint density at radius 3 is 0.775 bits per heavy atom. The molecule has 0 saturated carbocycles. The largest absolute Gasteiger partial charge is 0.652 e. The zero-order chi connectivity index (χ0) is 83.9. The molecule has 0 radical (unpaired) electrons. The van der Waals surface area contributed by atoms with Crippen LogP contribution in [0.4, 0.5) is 0 Å². The Bertz CT molecular complexity index is 2950. The van der Waals surface area contributed by atoms with Crippen molar-refractivity contribution in [3.05, 3.63) is 23.0 Å². The molecular weight excluding hydrogens is 1870 g/mol. The van der Waals surface area contributed by atoms with Gasteiger partial charge in [-0.25, -0.2) is 0 Å². The summed E-state index contributed by atoms with van der Waals surface area (Å²) in [7, 11) is -56.0. The van der Waals surface area contributed by atoms with E-state index < -0.39 is 189 Å². The predicted octanol–water partition coefficient (Wildman–Crippen LogP) is 14.9. The molecule has 12 bridgehead atoms. The van der Waals surface area contributed by atoms with Crippen LogP contribution in [0.2, 0.25) is 108 Å². The summed E-state index contributed by atoms with van der Waals surface area (Å²) < 4.78 is 185. The summed E-state index contributed by atoms with van der Waals surface area (Å²) in [5, 5.41) is 0. The second-order valence-corrected chi connectivity index (χ2v) is 108. The first-order chi connectivity index (χ1) is 50.8. The van der Waals surface area contributed by atoms with Crippen LogP contribution >= 0.6 is 10.0 Å². The second-order valence-electron chi connectivity index (χ2n) is 38.8. The topological polar surface area (TPSA) is 251 Å². The molecule has 14 unspecified atom stereocenters. The van der Waals surface area contributed by atoms with Gasteiger partial charge in [0.05, 0.1) is 0 Å². The maximum atomic E-state index is 12.5. The van der Waals surface area contributed by atoms with Crippen molar-refractivity contribution in [2.45, 2.75) is 302 Å². The molecule has 8 saturated heterocycles. The average Bonchev–Trinajstić information content (AvgIpc) is 0.707. The quantitative estimate of drug-likeness (QED) is 0.0572. The van der Waals surface area contributed by atoms with Crippen molar-refractivity contribution < 1.29 is 107 Å². The molecule has 652 valence electrons. The monoisotopic (exact) mass is 2020 g/mol. The Balaban J connectivity index is 0.000000324. The van der Waals surface area contributed by atoms with Gasteiger partial charge in [-0.3, -0.25) is 0 Å². The Morgan fingerprint density at radius 2 is 0.523 bits per heavy atom. The molecule has 0 aliphatic carbocycles. The van der Waals surface area contributed by atoms with Gasteiger partial charge in [0.1, 0.15) is 0 Å². The third-order valence-electron chi connectivity index (χ3n) is 17.8. The van der Waals surface area contributed by atoms with Gasteiger partial charge in [-0.1, -0.05) is 96.9 Å². The molecule has 0 spiro atoms. The molecule has 0 aromatic carbocycles. The minimum atomic E-state index is -4.58. The minimum absolute atomic E-state index is 0.0476. The van der Waals surface area contributed by atoms with Crippen LogP contribution in [-0.2, 0) is 102 Å². The molecule has 0 aromatic rings. The van der Waals surface area contributed by atoms with E-state index in [2.05, 4.69) is 230 Å². The maximum Gasteiger partial charge on any atom is 0.652 e. The summed E-state index contributed by atoms with van der Waals surface area (Å²) in [4.78, 5) is 16.3. The van der Waals surface area contributed by atoms with Gasteiger partial charge in [-0.2, -0.15) is 0 Å². The minimum Gasteiger partial charge on any atom is -0.422 e. The molecule has 26 nitrogen and oxygen atoms in total. The summed E-state index contributed by atoms with van der Waals surface area (Å²) in [6.07, 6.45) is 0. The number of rotatable bonds is 36. The van der Waals surface area contributed by atoms with Crippen molar-refractivity contribution in [1.82, 2.24) is 0 Å². The number of fused-ring (bicyclic) bond motifs is 8. The first-order valence-electron chi connectivity index (χ1n) is 41.6.